The number of primary amides is 1. The van der Waals surface area contributed by atoms with E-state index >= 15 is 0 Å². The number of anilines is 1. The van der Waals surface area contributed by atoms with E-state index in [4.69, 9.17) is 5.73 Å². The number of nitrogens with one attached hydrogen (secondary N) is 1. The molecule has 5 nitrogen and oxygen atoms in total. The van der Waals surface area contributed by atoms with E-state index in [1.54, 1.807) is 22.8 Å². The van der Waals surface area contributed by atoms with Gasteiger partial charge in [-0.25, -0.2) is 0 Å². The molecule has 23 heavy (non-hydrogen) atoms. The quantitative estimate of drug-likeness (QED) is 0.841. The molecular formula is C16H19N3O2S2. The van der Waals surface area contributed by atoms with Gasteiger partial charge in [-0.05, 0) is 53.2 Å². The Kier molecular flexibility index (Phi) is 5.09. The van der Waals surface area contributed by atoms with Crippen LogP contribution in [0, 0.1) is 0 Å². The molecule has 1 atom stereocenters. The fourth-order valence-electron chi connectivity index (χ4n) is 2.97. The van der Waals surface area contributed by atoms with Gasteiger partial charge in [0.05, 0.1) is 5.56 Å². The zero-order valence-corrected chi connectivity index (χ0v) is 14.3. The van der Waals surface area contributed by atoms with Crippen molar-refractivity contribution in [1.29, 1.82) is 0 Å². The number of carbonyl (C=O) groups excluding carboxylic acids is 2. The Morgan fingerprint density at radius 3 is 2.96 bits per heavy atom. The minimum absolute atomic E-state index is 0.0779. The van der Waals surface area contributed by atoms with E-state index in [9.17, 15) is 9.59 Å². The normalized spacial score (nSPS) is 18.2. The van der Waals surface area contributed by atoms with Crippen molar-refractivity contribution in [3.63, 3.8) is 0 Å². The first-order valence-electron chi connectivity index (χ1n) is 7.58. The molecule has 2 aromatic rings. The Hall–Kier alpha value is -1.70. The Balaban J connectivity index is 1.54. The van der Waals surface area contributed by atoms with Gasteiger partial charge in [0, 0.05) is 19.0 Å². The first-order chi connectivity index (χ1) is 11.1. The lowest BCUT2D eigenvalue weighted by Crippen LogP contribution is -2.27. The second kappa shape index (κ2) is 7.25. The van der Waals surface area contributed by atoms with Crippen molar-refractivity contribution in [2.24, 2.45) is 5.73 Å². The predicted octanol–water partition coefficient (Wildman–Crippen LogP) is 3.07. The maximum absolute atomic E-state index is 12.2. The molecule has 1 unspecified atom stereocenters. The third-order valence-corrected chi connectivity index (χ3v) is 5.63. The second-order valence-electron chi connectivity index (χ2n) is 5.58. The number of nitrogens with two attached hydrogens (primary N) is 1. The molecule has 7 heteroatoms. The molecule has 0 aromatic carbocycles. The van der Waals surface area contributed by atoms with E-state index in [-0.39, 0.29) is 5.91 Å². The van der Waals surface area contributed by atoms with Gasteiger partial charge < -0.3 is 11.1 Å². The average Bonchev–Trinajstić information content (AvgIpc) is 3.25. The number of carbonyl (C=O) groups is 2. The number of amides is 2. The molecule has 3 heterocycles. The third kappa shape index (κ3) is 3.80. The van der Waals surface area contributed by atoms with Crippen molar-refractivity contribution in [3.05, 3.63) is 39.4 Å². The first-order valence-corrected chi connectivity index (χ1v) is 9.40. The number of nitrogens with zero attached hydrogens (tertiary/aromatic N) is 1. The number of rotatable bonds is 6. The van der Waals surface area contributed by atoms with Crippen molar-refractivity contribution < 1.29 is 9.59 Å². The van der Waals surface area contributed by atoms with Crippen LogP contribution in [0.1, 0.15) is 41.2 Å². The Morgan fingerprint density at radius 1 is 1.35 bits per heavy atom. The van der Waals surface area contributed by atoms with Crippen LogP contribution in [0.2, 0.25) is 0 Å². The van der Waals surface area contributed by atoms with Gasteiger partial charge in [0.2, 0.25) is 5.91 Å². The highest BCUT2D eigenvalue weighted by Crippen LogP contribution is 2.33. The van der Waals surface area contributed by atoms with E-state index in [2.05, 4.69) is 27.0 Å². The Labute approximate surface area is 143 Å². The van der Waals surface area contributed by atoms with E-state index in [0.717, 1.165) is 19.5 Å². The molecule has 0 radical (unpaired) electrons. The van der Waals surface area contributed by atoms with E-state index in [0.29, 0.717) is 23.0 Å². The molecule has 3 N–H and O–H groups in total. The van der Waals surface area contributed by atoms with Gasteiger partial charge in [-0.2, -0.15) is 11.3 Å². The first kappa shape index (κ1) is 16.2. The maximum atomic E-state index is 12.2. The van der Waals surface area contributed by atoms with Crippen LogP contribution in [-0.4, -0.2) is 29.8 Å². The third-order valence-electron chi connectivity index (χ3n) is 4.10. The molecule has 0 bridgehead atoms. The topological polar surface area (TPSA) is 75.4 Å². The van der Waals surface area contributed by atoms with Crippen molar-refractivity contribution in [3.8, 4) is 0 Å². The Bertz CT molecular complexity index is 681. The van der Waals surface area contributed by atoms with E-state index in [1.165, 1.54) is 23.3 Å². The summed E-state index contributed by atoms with van der Waals surface area (Å²) >= 11 is 3.03. The zero-order valence-electron chi connectivity index (χ0n) is 12.7. The largest absolute Gasteiger partial charge is 0.366 e. The fourth-order valence-corrected chi connectivity index (χ4v) is 4.49. The van der Waals surface area contributed by atoms with Crippen LogP contribution in [0.15, 0.2) is 28.3 Å². The summed E-state index contributed by atoms with van der Waals surface area (Å²) in [5.74, 6) is -0.593. The highest BCUT2D eigenvalue weighted by Gasteiger charge is 2.26. The second-order valence-corrected chi connectivity index (χ2v) is 7.27. The zero-order chi connectivity index (χ0) is 16.2. The minimum Gasteiger partial charge on any atom is -0.366 e. The lowest BCUT2D eigenvalue weighted by atomic mass is 10.1. The van der Waals surface area contributed by atoms with Gasteiger partial charge in [-0.1, -0.05) is 0 Å². The van der Waals surface area contributed by atoms with Crippen LogP contribution < -0.4 is 11.1 Å². The number of hydrogen-bond acceptors (Lipinski definition) is 5. The molecule has 2 aromatic heterocycles. The number of likely N-dealkylation sites (tertiary alicyclic amines) is 1. The average molecular weight is 349 g/mol. The lowest BCUT2D eigenvalue weighted by Gasteiger charge is -2.23. The van der Waals surface area contributed by atoms with Gasteiger partial charge >= 0.3 is 0 Å². The smallest absolute Gasteiger partial charge is 0.251 e. The van der Waals surface area contributed by atoms with E-state index < -0.39 is 5.91 Å². The molecule has 1 fully saturated rings. The molecule has 0 saturated carbocycles. The molecule has 1 saturated heterocycles. The van der Waals surface area contributed by atoms with Crippen LogP contribution in [0.4, 0.5) is 5.00 Å². The molecule has 1 aliphatic heterocycles. The van der Waals surface area contributed by atoms with Crippen LogP contribution in [-0.2, 0) is 4.79 Å². The Morgan fingerprint density at radius 2 is 2.22 bits per heavy atom. The van der Waals surface area contributed by atoms with Crippen LogP contribution >= 0.6 is 22.7 Å². The van der Waals surface area contributed by atoms with E-state index in [1.807, 2.05) is 0 Å². The SMILES string of the molecule is NC(=O)c1ccsc1NC(=O)CCN1CCCC1c1ccsc1. The summed E-state index contributed by atoms with van der Waals surface area (Å²) < 4.78 is 0. The highest BCUT2D eigenvalue weighted by molar-refractivity contribution is 7.14. The molecule has 0 spiro atoms. The summed E-state index contributed by atoms with van der Waals surface area (Å²) in [5, 5.41) is 9.38. The van der Waals surface area contributed by atoms with Crippen molar-refractivity contribution >= 4 is 39.5 Å². The van der Waals surface area contributed by atoms with Gasteiger partial charge in [0.15, 0.2) is 0 Å². The highest BCUT2D eigenvalue weighted by atomic mass is 32.1. The molecule has 0 aliphatic carbocycles. The lowest BCUT2D eigenvalue weighted by molar-refractivity contribution is -0.116. The van der Waals surface area contributed by atoms with Gasteiger partial charge in [-0.3, -0.25) is 14.5 Å². The van der Waals surface area contributed by atoms with Crippen LogP contribution in [0.3, 0.4) is 0 Å². The van der Waals surface area contributed by atoms with Crippen molar-refractivity contribution in [1.82, 2.24) is 4.90 Å². The molecular weight excluding hydrogens is 330 g/mol. The predicted molar refractivity (Wildman–Crippen MR) is 94.0 cm³/mol. The fraction of sp³-hybridized carbons (Fsp3) is 0.375. The van der Waals surface area contributed by atoms with Gasteiger partial charge in [0.25, 0.3) is 5.91 Å². The standard InChI is InChI=1S/C16H19N3O2S2/c17-15(21)12-5-9-23-16(12)18-14(20)3-7-19-6-1-2-13(19)11-4-8-22-10-11/h4-5,8-10,13H,1-3,6-7H2,(H2,17,21)(H,18,20). The maximum Gasteiger partial charge on any atom is 0.251 e. The van der Waals surface area contributed by atoms with Crippen LogP contribution in [0.5, 0.6) is 0 Å². The minimum atomic E-state index is -0.515. The monoisotopic (exact) mass is 349 g/mol. The summed E-state index contributed by atoms with van der Waals surface area (Å²) in [5.41, 5.74) is 7.01. The van der Waals surface area contributed by atoms with Gasteiger partial charge in [-0.15, -0.1) is 11.3 Å². The summed E-state index contributed by atoms with van der Waals surface area (Å²) in [6.07, 6.45) is 2.73. The molecule has 1 aliphatic rings. The summed E-state index contributed by atoms with van der Waals surface area (Å²) in [7, 11) is 0. The number of hydrogen-bond donors (Lipinski definition) is 2. The summed E-state index contributed by atoms with van der Waals surface area (Å²) in [6.45, 7) is 1.75. The molecule has 2 amide bonds. The molecule has 122 valence electrons. The molecule has 3 rings (SSSR count). The summed E-state index contributed by atoms with van der Waals surface area (Å²) in [6, 6.07) is 4.23. The van der Waals surface area contributed by atoms with Crippen molar-refractivity contribution in [2.45, 2.75) is 25.3 Å². The van der Waals surface area contributed by atoms with Crippen LogP contribution in [0.25, 0.3) is 0 Å². The summed E-state index contributed by atoms with van der Waals surface area (Å²) in [4.78, 5) is 25.8. The van der Waals surface area contributed by atoms with Gasteiger partial charge in [0.1, 0.15) is 5.00 Å². The van der Waals surface area contributed by atoms with Crippen molar-refractivity contribution in [2.75, 3.05) is 18.4 Å². The number of thiophene rings is 2.